The maximum absolute atomic E-state index is 11.7. The van der Waals surface area contributed by atoms with Gasteiger partial charge in [0, 0.05) is 13.6 Å². The fourth-order valence-corrected chi connectivity index (χ4v) is 0.646. The van der Waals surface area contributed by atoms with E-state index in [2.05, 4.69) is 0 Å². The number of hydrogen-bond acceptors (Lipinski definition) is 2. The van der Waals surface area contributed by atoms with Crippen LogP contribution in [0.15, 0.2) is 0 Å². The summed E-state index contributed by atoms with van der Waals surface area (Å²) in [5.41, 5.74) is 5.07. The Kier molecular flexibility index (Phi) is 4.02. The molecular weight excluding hydrogens is 173 g/mol. The van der Waals surface area contributed by atoms with Gasteiger partial charge in [-0.2, -0.15) is 13.2 Å². The number of hydrogen-bond donors (Lipinski definition) is 1. The summed E-state index contributed by atoms with van der Waals surface area (Å²) in [6.07, 6.45) is -4.40. The predicted octanol–water partition coefficient (Wildman–Crippen LogP) is 0.356. The van der Waals surface area contributed by atoms with E-state index in [0.717, 1.165) is 7.05 Å². The zero-order chi connectivity index (χ0) is 9.78. The molecule has 0 fully saturated rings. The second-order valence-electron chi connectivity index (χ2n) is 2.37. The van der Waals surface area contributed by atoms with Crippen molar-refractivity contribution >= 4 is 5.91 Å². The molecule has 0 rings (SSSR count). The molecule has 3 nitrogen and oxygen atoms in total. The Morgan fingerprint density at radius 3 is 2.33 bits per heavy atom. The van der Waals surface area contributed by atoms with Crippen molar-refractivity contribution in [2.45, 2.75) is 12.6 Å². The van der Waals surface area contributed by atoms with Gasteiger partial charge >= 0.3 is 12.1 Å². The van der Waals surface area contributed by atoms with Crippen LogP contribution in [0.4, 0.5) is 13.2 Å². The van der Waals surface area contributed by atoms with Crippen molar-refractivity contribution < 1.29 is 18.0 Å². The Morgan fingerprint density at radius 1 is 1.50 bits per heavy atom. The topological polar surface area (TPSA) is 46.3 Å². The number of carbonyl (C=O) groups is 1. The van der Waals surface area contributed by atoms with Crippen LogP contribution in [-0.2, 0) is 4.79 Å². The monoisotopic (exact) mass is 184 g/mol. The van der Waals surface area contributed by atoms with E-state index in [-0.39, 0.29) is 13.1 Å². The zero-order valence-electron chi connectivity index (χ0n) is 6.69. The van der Waals surface area contributed by atoms with Crippen LogP contribution < -0.4 is 5.73 Å². The number of nitrogens with zero attached hydrogens (tertiary/aromatic N) is 1. The molecule has 0 bridgehead atoms. The molecule has 1 amide bonds. The average Bonchev–Trinajstić information content (AvgIpc) is 1.97. The largest absolute Gasteiger partial charge is 0.471 e. The third-order valence-corrected chi connectivity index (χ3v) is 1.29. The van der Waals surface area contributed by atoms with Crippen molar-refractivity contribution in [2.24, 2.45) is 5.73 Å². The SMILES string of the molecule is CN(CCCN)C(=O)C(F)(F)F. The molecule has 0 heterocycles. The summed E-state index contributed by atoms with van der Waals surface area (Å²) < 4.78 is 35.1. The fraction of sp³-hybridized carbons (Fsp3) is 0.833. The van der Waals surface area contributed by atoms with Crippen LogP contribution in [0.5, 0.6) is 0 Å². The molecule has 6 heteroatoms. The Morgan fingerprint density at radius 2 is 2.00 bits per heavy atom. The lowest BCUT2D eigenvalue weighted by atomic mass is 10.4. The van der Waals surface area contributed by atoms with Crippen molar-refractivity contribution in [3.05, 3.63) is 0 Å². The lowest BCUT2D eigenvalue weighted by molar-refractivity contribution is -0.184. The number of nitrogens with two attached hydrogens (primary N) is 1. The van der Waals surface area contributed by atoms with Crippen molar-refractivity contribution in [1.82, 2.24) is 4.90 Å². The lowest BCUT2D eigenvalue weighted by Crippen LogP contribution is -2.39. The average molecular weight is 184 g/mol. The first-order chi connectivity index (χ1) is 5.39. The smallest absolute Gasteiger partial charge is 0.338 e. The van der Waals surface area contributed by atoms with E-state index >= 15 is 0 Å². The standard InChI is InChI=1S/C6H11F3N2O/c1-11(4-2-3-10)5(12)6(7,8)9/h2-4,10H2,1H3. The van der Waals surface area contributed by atoms with Gasteiger partial charge in [0.1, 0.15) is 0 Å². The second-order valence-corrected chi connectivity index (χ2v) is 2.37. The molecule has 12 heavy (non-hydrogen) atoms. The normalized spacial score (nSPS) is 11.4. The molecule has 0 aliphatic rings. The molecule has 0 unspecified atom stereocenters. The van der Waals surface area contributed by atoms with Crippen LogP contribution in [0.2, 0.25) is 0 Å². The molecule has 0 atom stereocenters. The molecule has 2 N–H and O–H groups in total. The zero-order valence-corrected chi connectivity index (χ0v) is 6.69. The minimum Gasteiger partial charge on any atom is -0.338 e. The van der Waals surface area contributed by atoms with E-state index in [9.17, 15) is 18.0 Å². The summed E-state index contributed by atoms with van der Waals surface area (Å²) in [5.74, 6) is -1.82. The van der Waals surface area contributed by atoms with Crippen LogP contribution >= 0.6 is 0 Å². The third kappa shape index (κ3) is 3.56. The van der Waals surface area contributed by atoms with E-state index in [1.807, 2.05) is 0 Å². The quantitative estimate of drug-likeness (QED) is 0.688. The number of carbonyl (C=O) groups excluding carboxylic acids is 1. The Labute approximate surface area is 68.3 Å². The molecule has 0 aliphatic carbocycles. The minimum absolute atomic E-state index is 0.0366. The molecule has 0 saturated carbocycles. The molecule has 0 aromatic rings. The summed E-state index contributed by atoms with van der Waals surface area (Å²) in [7, 11) is 1.10. The Hall–Kier alpha value is -0.780. The van der Waals surface area contributed by atoms with Gasteiger partial charge in [-0.1, -0.05) is 0 Å². The fourth-order valence-electron chi connectivity index (χ4n) is 0.646. The summed E-state index contributed by atoms with van der Waals surface area (Å²) >= 11 is 0. The highest BCUT2D eigenvalue weighted by Crippen LogP contribution is 2.17. The van der Waals surface area contributed by atoms with Crippen LogP contribution in [0.1, 0.15) is 6.42 Å². The number of amides is 1. The van der Waals surface area contributed by atoms with Crippen LogP contribution in [0.25, 0.3) is 0 Å². The first-order valence-corrected chi connectivity index (χ1v) is 3.42. The van der Waals surface area contributed by atoms with Gasteiger partial charge in [-0.25, -0.2) is 0 Å². The summed E-state index contributed by atoms with van der Waals surface area (Å²) in [6, 6.07) is 0. The van der Waals surface area contributed by atoms with Gasteiger partial charge in [0.2, 0.25) is 0 Å². The molecule has 0 spiro atoms. The Balaban J connectivity index is 3.94. The Bertz CT molecular complexity index is 157. The highest BCUT2D eigenvalue weighted by Gasteiger charge is 2.40. The maximum Gasteiger partial charge on any atom is 0.471 e. The van der Waals surface area contributed by atoms with Crippen molar-refractivity contribution in [2.75, 3.05) is 20.1 Å². The van der Waals surface area contributed by atoms with E-state index in [0.29, 0.717) is 11.3 Å². The van der Waals surface area contributed by atoms with Crippen molar-refractivity contribution in [3.8, 4) is 0 Å². The minimum atomic E-state index is -4.77. The highest BCUT2D eigenvalue weighted by molar-refractivity contribution is 5.81. The number of rotatable bonds is 3. The predicted molar refractivity (Wildman–Crippen MR) is 37.4 cm³/mol. The maximum atomic E-state index is 11.7. The molecule has 0 aromatic heterocycles. The molecular formula is C6H11F3N2O. The van der Waals surface area contributed by atoms with Crippen molar-refractivity contribution in [1.29, 1.82) is 0 Å². The second kappa shape index (κ2) is 4.30. The van der Waals surface area contributed by atoms with Crippen molar-refractivity contribution in [3.63, 3.8) is 0 Å². The summed E-state index contributed by atoms with van der Waals surface area (Å²) in [6.45, 7) is 0.310. The van der Waals surface area contributed by atoms with Gasteiger partial charge in [0.05, 0.1) is 0 Å². The van der Waals surface area contributed by atoms with Gasteiger partial charge < -0.3 is 10.6 Å². The van der Waals surface area contributed by atoms with Gasteiger partial charge in [0.25, 0.3) is 0 Å². The van der Waals surface area contributed by atoms with Gasteiger partial charge in [-0.3, -0.25) is 4.79 Å². The summed E-state index contributed by atoms with van der Waals surface area (Å²) in [5, 5.41) is 0. The lowest BCUT2D eigenvalue weighted by Gasteiger charge is -2.17. The first kappa shape index (κ1) is 11.2. The molecule has 0 aliphatic heterocycles. The van der Waals surface area contributed by atoms with Gasteiger partial charge in [0.15, 0.2) is 0 Å². The van der Waals surface area contributed by atoms with E-state index < -0.39 is 12.1 Å². The number of alkyl halides is 3. The molecule has 0 radical (unpaired) electrons. The first-order valence-electron chi connectivity index (χ1n) is 3.42. The van der Waals surface area contributed by atoms with Crippen LogP contribution in [0, 0.1) is 0 Å². The summed E-state index contributed by atoms with van der Waals surface area (Å²) in [4.78, 5) is 11.0. The molecule has 72 valence electrons. The van der Waals surface area contributed by atoms with E-state index in [4.69, 9.17) is 5.73 Å². The van der Waals surface area contributed by atoms with E-state index in [1.165, 1.54) is 0 Å². The highest BCUT2D eigenvalue weighted by atomic mass is 19.4. The van der Waals surface area contributed by atoms with Crippen LogP contribution in [-0.4, -0.2) is 37.1 Å². The number of halogens is 3. The van der Waals surface area contributed by atoms with Crippen LogP contribution in [0.3, 0.4) is 0 Å². The molecule has 0 aromatic carbocycles. The molecule has 0 saturated heterocycles. The van der Waals surface area contributed by atoms with E-state index in [1.54, 1.807) is 0 Å². The van der Waals surface area contributed by atoms with Gasteiger partial charge in [-0.15, -0.1) is 0 Å². The third-order valence-electron chi connectivity index (χ3n) is 1.29. The van der Waals surface area contributed by atoms with Gasteiger partial charge in [-0.05, 0) is 13.0 Å².